The largest absolute Gasteiger partial charge is 0.488 e. The number of hydrogen-bond donors (Lipinski definition) is 0. The van der Waals surface area contributed by atoms with Gasteiger partial charge in [0.2, 0.25) is 0 Å². The minimum absolute atomic E-state index is 0.229. The number of thioether (sulfide) groups is 1. The SMILES string of the molecule is COC(=O)[C@@H](C)N1C(=O)S/C(=C/c2ccc(OCc3ccccc3Cl)c(Br)c2)C1=O. The van der Waals surface area contributed by atoms with E-state index in [9.17, 15) is 14.4 Å². The molecular weight excluding hydrogens is 494 g/mol. The summed E-state index contributed by atoms with van der Waals surface area (Å²) in [7, 11) is 1.21. The Labute approximate surface area is 191 Å². The van der Waals surface area contributed by atoms with Gasteiger partial charge in [-0.3, -0.25) is 14.5 Å². The second-order valence-corrected chi connectivity index (χ2v) is 8.58. The summed E-state index contributed by atoms with van der Waals surface area (Å²) < 4.78 is 11.1. The fourth-order valence-corrected chi connectivity index (χ4v) is 4.35. The smallest absolute Gasteiger partial charge is 0.328 e. The van der Waals surface area contributed by atoms with Gasteiger partial charge in [-0.25, -0.2) is 4.79 Å². The monoisotopic (exact) mass is 509 g/mol. The number of imide groups is 1. The summed E-state index contributed by atoms with van der Waals surface area (Å²) in [6.45, 7) is 1.76. The van der Waals surface area contributed by atoms with Crippen LogP contribution >= 0.6 is 39.3 Å². The van der Waals surface area contributed by atoms with E-state index in [0.29, 0.717) is 27.4 Å². The van der Waals surface area contributed by atoms with Crippen molar-refractivity contribution < 1.29 is 23.9 Å². The highest BCUT2D eigenvalue weighted by Gasteiger charge is 2.41. The number of nitrogens with zero attached hydrogens (tertiary/aromatic N) is 1. The molecule has 1 heterocycles. The van der Waals surface area contributed by atoms with E-state index in [1.165, 1.54) is 14.0 Å². The second kappa shape index (κ2) is 9.68. The molecule has 2 amide bonds. The van der Waals surface area contributed by atoms with Crippen LogP contribution in [0.15, 0.2) is 51.8 Å². The zero-order valence-corrected chi connectivity index (χ0v) is 19.2. The number of hydrogen-bond acceptors (Lipinski definition) is 6. The van der Waals surface area contributed by atoms with Crippen LogP contribution in [0.5, 0.6) is 5.75 Å². The molecule has 1 fully saturated rings. The molecule has 0 saturated carbocycles. The summed E-state index contributed by atoms with van der Waals surface area (Å²) in [5, 5.41) is 0.116. The minimum atomic E-state index is -0.985. The second-order valence-electron chi connectivity index (χ2n) is 6.32. The Bertz CT molecular complexity index is 1040. The van der Waals surface area contributed by atoms with Crippen LogP contribution in [0, 0.1) is 0 Å². The molecule has 6 nitrogen and oxygen atoms in total. The molecule has 156 valence electrons. The van der Waals surface area contributed by atoms with Crippen LogP contribution in [0.25, 0.3) is 6.08 Å². The predicted molar refractivity (Wildman–Crippen MR) is 119 cm³/mol. The van der Waals surface area contributed by atoms with Crippen molar-refractivity contribution in [2.75, 3.05) is 7.11 Å². The van der Waals surface area contributed by atoms with Gasteiger partial charge in [-0.1, -0.05) is 35.9 Å². The minimum Gasteiger partial charge on any atom is -0.488 e. The van der Waals surface area contributed by atoms with Crippen molar-refractivity contribution in [3.63, 3.8) is 0 Å². The Morgan fingerprint density at radius 3 is 2.67 bits per heavy atom. The molecule has 0 aliphatic carbocycles. The average molecular weight is 511 g/mol. The molecule has 0 aromatic heterocycles. The summed E-state index contributed by atoms with van der Waals surface area (Å²) in [5.41, 5.74) is 1.56. The zero-order valence-electron chi connectivity index (χ0n) is 16.1. The first-order chi connectivity index (χ1) is 14.3. The molecule has 1 saturated heterocycles. The fourth-order valence-electron chi connectivity index (χ4n) is 2.74. The highest BCUT2D eigenvalue weighted by Crippen LogP contribution is 2.35. The van der Waals surface area contributed by atoms with E-state index in [4.69, 9.17) is 16.3 Å². The number of carbonyl (C=O) groups excluding carboxylic acids is 3. The van der Waals surface area contributed by atoms with E-state index in [1.54, 1.807) is 30.3 Å². The Balaban J connectivity index is 1.74. The summed E-state index contributed by atoms with van der Waals surface area (Å²) in [5.74, 6) is -0.570. The molecule has 0 spiro atoms. The molecule has 3 rings (SSSR count). The van der Waals surface area contributed by atoms with Gasteiger partial charge in [0, 0.05) is 10.6 Å². The van der Waals surface area contributed by atoms with Gasteiger partial charge in [0.25, 0.3) is 11.1 Å². The molecule has 0 N–H and O–H groups in total. The first kappa shape index (κ1) is 22.4. The molecule has 1 aliphatic rings. The van der Waals surface area contributed by atoms with Crippen LogP contribution in [0.2, 0.25) is 5.02 Å². The van der Waals surface area contributed by atoms with Gasteiger partial charge in [0.15, 0.2) is 0 Å². The number of methoxy groups -OCH3 is 1. The van der Waals surface area contributed by atoms with Gasteiger partial charge in [0.1, 0.15) is 18.4 Å². The van der Waals surface area contributed by atoms with Crippen LogP contribution < -0.4 is 4.74 Å². The quantitative estimate of drug-likeness (QED) is 0.389. The van der Waals surface area contributed by atoms with E-state index in [0.717, 1.165) is 22.2 Å². The first-order valence-electron chi connectivity index (χ1n) is 8.82. The topological polar surface area (TPSA) is 72.9 Å². The summed E-state index contributed by atoms with van der Waals surface area (Å²) in [4.78, 5) is 37.6. The van der Waals surface area contributed by atoms with Crippen LogP contribution in [0.3, 0.4) is 0 Å². The highest BCUT2D eigenvalue weighted by molar-refractivity contribution is 9.10. The van der Waals surface area contributed by atoms with Crippen LogP contribution in [-0.4, -0.2) is 35.2 Å². The zero-order chi connectivity index (χ0) is 21.8. The number of rotatable bonds is 6. The normalized spacial score (nSPS) is 16.1. The lowest BCUT2D eigenvalue weighted by Crippen LogP contribution is -2.42. The van der Waals surface area contributed by atoms with E-state index < -0.39 is 23.2 Å². The van der Waals surface area contributed by atoms with Crippen molar-refractivity contribution >= 4 is 62.5 Å². The maximum absolute atomic E-state index is 12.6. The molecule has 0 radical (unpaired) electrons. The van der Waals surface area contributed by atoms with Gasteiger partial charge >= 0.3 is 5.97 Å². The van der Waals surface area contributed by atoms with Crippen molar-refractivity contribution in [2.45, 2.75) is 19.6 Å². The lowest BCUT2D eigenvalue weighted by molar-refractivity contribution is -0.148. The van der Waals surface area contributed by atoms with Crippen molar-refractivity contribution in [3.8, 4) is 5.75 Å². The molecule has 1 atom stereocenters. The third kappa shape index (κ3) is 4.88. The van der Waals surface area contributed by atoms with Crippen LogP contribution in [0.1, 0.15) is 18.1 Å². The van der Waals surface area contributed by atoms with Crippen molar-refractivity contribution in [2.24, 2.45) is 0 Å². The number of halogens is 2. The third-order valence-corrected chi connectivity index (χ3v) is 6.22. The van der Waals surface area contributed by atoms with Gasteiger partial charge in [0.05, 0.1) is 16.5 Å². The molecule has 0 unspecified atom stereocenters. The standard InChI is InChI=1S/C21H17BrClNO5S/c1-12(20(26)28-2)24-19(25)18(30-21(24)27)10-13-7-8-17(15(22)9-13)29-11-14-5-3-4-6-16(14)23/h3-10,12H,11H2,1-2H3/b18-10+/t12-/m1/s1. The molecule has 0 bridgehead atoms. The summed E-state index contributed by atoms with van der Waals surface area (Å²) in [6.07, 6.45) is 1.59. The van der Waals surface area contributed by atoms with Crippen LogP contribution in [-0.2, 0) is 20.9 Å². The van der Waals surface area contributed by atoms with Gasteiger partial charge in [-0.05, 0) is 64.5 Å². The summed E-state index contributed by atoms with van der Waals surface area (Å²) in [6, 6.07) is 11.7. The van der Waals surface area contributed by atoms with Gasteiger partial charge < -0.3 is 9.47 Å². The molecule has 1 aliphatic heterocycles. The summed E-state index contributed by atoms with van der Waals surface area (Å²) >= 11 is 10.4. The number of esters is 1. The molecule has 2 aromatic carbocycles. The maximum Gasteiger partial charge on any atom is 0.328 e. The molecular formula is C21H17BrClNO5S. The van der Waals surface area contributed by atoms with Gasteiger partial charge in [-0.15, -0.1) is 0 Å². The molecule has 30 heavy (non-hydrogen) atoms. The average Bonchev–Trinajstić information content (AvgIpc) is 3.00. The number of amides is 2. The predicted octanol–water partition coefficient (Wildman–Crippen LogP) is 5.28. The highest BCUT2D eigenvalue weighted by atomic mass is 79.9. The van der Waals surface area contributed by atoms with E-state index in [1.807, 2.05) is 18.2 Å². The lowest BCUT2D eigenvalue weighted by atomic mass is 10.2. The van der Waals surface area contributed by atoms with E-state index >= 15 is 0 Å². The third-order valence-electron chi connectivity index (χ3n) is 4.35. The van der Waals surface area contributed by atoms with E-state index in [-0.39, 0.29) is 4.91 Å². The van der Waals surface area contributed by atoms with Crippen molar-refractivity contribution in [1.29, 1.82) is 0 Å². The Morgan fingerprint density at radius 2 is 2.00 bits per heavy atom. The molecule has 2 aromatic rings. The van der Waals surface area contributed by atoms with E-state index in [2.05, 4.69) is 20.7 Å². The Hall–Kier alpha value is -2.29. The van der Waals surface area contributed by atoms with Gasteiger partial charge in [-0.2, -0.15) is 0 Å². The Kier molecular flexibility index (Phi) is 7.23. The fraction of sp³-hybridized carbons (Fsp3) is 0.190. The van der Waals surface area contributed by atoms with Crippen molar-refractivity contribution in [1.82, 2.24) is 4.90 Å². The van der Waals surface area contributed by atoms with Crippen LogP contribution in [0.4, 0.5) is 4.79 Å². The lowest BCUT2D eigenvalue weighted by Gasteiger charge is -2.18. The maximum atomic E-state index is 12.6. The number of ether oxygens (including phenoxy) is 2. The van der Waals surface area contributed by atoms with Crippen molar-refractivity contribution in [3.05, 3.63) is 68.0 Å². The Morgan fingerprint density at radius 1 is 1.27 bits per heavy atom. The number of benzene rings is 2. The first-order valence-corrected chi connectivity index (χ1v) is 10.8. The molecule has 9 heteroatoms. The number of carbonyl (C=O) groups is 3.